The fourth-order valence-electron chi connectivity index (χ4n) is 1.88. The molecule has 1 atom stereocenters. The van der Waals surface area contributed by atoms with Crippen molar-refractivity contribution in [2.24, 2.45) is 0 Å². The van der Waals surface area contributed by atoms with Crippen molar-refractivity contribution in [3.05, 3.63) is 65.7 Å². The van der Waals surface area contributed by atoms with Gasteiger partial charge in [-0.2, -0.15) is 5.26 Å². The maximum absolute atomic E-state index is 11.9. The summed E-state index contributed by atoms with van der Waals surface area (Å²) in [6.45, 7) is 2.09. The van der Waals surface area contributed by atoms with Gasteiger partial charge in [-0.05, 0) is 30.7 Å². The summed E-state index contributed by atoms with van der Waals surface area (Å²) in [5.74, 6) is 0.324. The van der Waals surface area contributed by atoms with Gasteiger partial charge in [0, 0.05) is 10.9 Å². The number of benzene rings is 2. The Labute approximate surface area is 129 Å². The maximum Gasteiger partial charge on any atom is 0.234 e. The number of anilines is 1. The lowest BCUT2D eigenvalue weighted by Crippen LogP contribution is -2.14. The molecule has 1 unspecified atom stereocenters. The van der Waals surface area contributed by atoms with Gasteiger partial charge in [0.15, 0.2) is 0 Å². The number of nitrogens with one attached hydrogen (secondary N) is 1. The van der Waals surface area contributed by atoms with E-state index in [2.05, 4.69) is 30.4 Å². The van der Waals surface area contributed by atoms with Crippen molar-refractivity contribution in [3.63, 3.8) is 0 Å². The van der Waals surface area contributed by atoms with Crippen LogP contribution in [0.2, 0.25) is 0 Å². The molecule has 0 aliphatic heterocycles. The van der Waals surface area contributed by atoms with Crippen LogP contribution in [-0.4, -0.2) is 11.7 Å². The van der Waals surface area contributed by atoms with Crippen molar-refractivity contribution < 1.29 is 4.79 Å². The molecule has 1 amide bonds. The van der Waals surface area contributed by atoms with E-state index in [9.17, 15) is 4.79 Å². The van der Waals surface area contributed by atoms with Crippen LogP contribution in [0.25, 0.3) is 0 Å². The van der Waals surface area contributed by atoms with E-state index in [4.69, 9.17) is 5.26 Å². The molecule has 1 N–H and O–H groups in total. The molecule has 2 aromatic rings. The summed E-state index contributed by atoms with van der Waals surface area (Å²) in [5, 5.41) is 11.9. The Morgan fingerprint density at radius 3 is 2.71 bits per heavy atom. The fourth-order valence-corrected chi connectivity index (χ4v) is 2.71. The van der Waals surface area contributed by atoms with Gasteiger partial charge in [0.05, 0.1) is 17.4 Å². The Hall–Kier alpha value is -2.25. The highest BCUT2D eigenvalue weighted by Gasteiger charge is 2.09. The molecule has 0 saturated carbocycles. The molecule has 2 aromatic carbocycles. The van der Waals surface area contributed by atoms with Crippen molar-refractivity contribution in [1.29, 1.82) is 5.26 Å². The first-order valence-electron chi connectivity index (χ1n) is 6.65. The summed E-state index contributed by atoms with van der Waals surface area (Å²) >= 11 is 1.59. The second-order valence-corrected chi connectivity index (χ2v) is 5.93. The number of hydrogen-bond donors (Lipinski definition) is 1. The number of carbonyl (C=O) groups excluding carboxylic acids is 1. The summed E-state index contributed by atoms with van der Waals surface area (Å²) < 4.78 is 0. The van der Waals surface area contributed by atoms with Crippen LogP contribution in [0, 0.1) is 11.3 Å². The van der Waals surface area contributed by atoms with Crippen molar-refractivity contribution in [1.82, 2.24) is 0 Å². The highest BCUT2D eigenvalue weighted by atomic mass is 32.2. The predicted molar refractivity (Wildman–Crippen MR) is 87.1 cm³/mol. The lowest BCUT2D eigenvalue weighted by molar-refractivity contribution is -0.113. The third-order valence-corrected chi connectivity index (χ3v) is 4.21. The zero-order valence-corrected chi connectivity index (χ0v) is 12.6. The van der Waals surface area contributed by atoms with Crippen LogP contribution in [0.15, 0.2) is 54.6 Å². The molecule has 0 bridgehead atoms. The predicted octanol–water partition coefficient (Wildman–Crippen LogP) is 3.99. The molecular formula is C17H16N2OS. The van der Waals surface area contributed by atoms with Gasteiger partial charge in [-0.15, -0.1) is 11.8 Å². The van der Waals surface area contributed by atoms with E-state index in [0.29, 0.717) is 17.0 Å². The van der Waals surface area contributed by atoms with Gasteiger partial charge in [-0.1, -0.05) is 36.4 Å². The highest BCUT2D eigenvalue weighted by molar-refractivity contribution is 8.00. The lowest BCUT2D eigenvalue weighted by atomic mass is 10.2. The Bertz CT molecular complexity index is 649. The molecule has 0 aromatic heterocycles. The van der Waals surface area contributed by atoms with Gasteiger partial charge < -0.3 is 5.32 Å². The van der Waals surface area contributed by atoms with Crippen molar-refractivity contribution in [2.45, 2.75) is 12.2 Å². The minimum Gasteiger partial charge on any atom is -0.325 e. The number of nitrogens with zero attached hydrogens (tertiary/aromatic N) is 1. The molecule has 0 radical (unpaired) electrons. The number of amides is 1. The normalized spacial score (nSPS) is 11.4. The Morgan fingerprint density at radius 1 is 1.24 bits per heavy atom. The Kier molecular flexibility index (Phi) is 5.42. The van der Waals surface area contributed by atoms with E-state index in [1.54, 1.807) is 36.0 Å². The number of hydrogen-bond acceptors (Lipinski definition) is 3. The van der Waals surface area contributed by atoms with E-state index in [1.807, 2.05) is 18.2 Å². The van der Waals surface area contributed by atoms with Gasteiger partial charge >= 0.3 is 0 Å². The highest BCUT2D eigenvalue weighted by Crippen LogP contribution is 2.27. The van der Waals surface area contributed by atoms with Crippen molar-refractivity contribution in [3.8, 4) is 6.07 Å². The molecule has 106 valence electrons. The fraction of sp³-hybridized carbons (Fsp3) is 0.176. The Balaban J connectivity index is 1.86. The minimum absolute atomic E-state index is 0.0575. The van der Waals surface area contributed by atoms with E-state index in [0.717, 1.165) is 0 Å². The summed E-state index contributed by atoms with van der Waals surface area (Å²) in [5.41, 5.74) is 2.41. The smallest absolute Gasteiger partial charge is 0.234 e. The van der Waals surface area contributed by atoms with Crippen LogP contribution in [-0.2, 0) is 4.79 Å². The van der Waals surface area contributed by atoms with E-state index in [1.165, 1.54) is 5.56 Å². The summed E-state index contributed by atoms with van der Waals surface area (Å²) in [7, 11) is 0. The molecule has 0 aliphatic rings. The standard InChI is InChI=1S/C17H16N2OS/c1-13(15-7-3-2-4-8-15)21-12-17(20)19-16-9-5-6-14(10-16)11-18/h2-10,13H,12H2,1H3,(H,19,20). The zero-order valence-electron chi connectivity index (χ0n) is 11.7. The van der Waals surface area contributed by atoms with Crippen LogP contribution in [0.5, 0.6) is 0 Å². The second kappa shape index (κ2) is 7.51. The van der Waals surface area contributed by atoms with Crippen molar-refractivity contribution >= 4 is 23.4 Å². The molecule has 21 heavy (non-hydrogen) atoms. The van der Waals surface area contributed by atoms with Crippen LogP contribution in [0.1, 0.15) is 23.3 Å². The maximum atomic E-state index is 11.9. The molecule has 2 rings (SSSR count). The molecule has 0 aliphatic carbocycles. The first kappa shape index (κ1) is 15.1. The topological polar surface area (TPSA) is 52.9 Å². The first-order chi connectivity index (χ1) is 10.2. The van der Waals surface area contributed by atoms with Crippen molar-refractivity contribution in [2.75, 3.05) is 11.1 Å². The van der Waals surface area contributed by atoms with Gasteiger partial charge in [-0.3, -0.25) is 4.79 Å². The molecule has 3 nitrogen and oxygen atoms in total. The van der Waals surface area contributed by atoms with Crippen LogP contribution in [0.4, 0.5) is 5.69 Å². The summed E-state index contributed by atoms with van der Waals surface area (Å²) in [4.78, 5) is 11.9. The van der Waals surface area contributed by atoms with Gasteiger partial charge in [-0.25, -0.2) is 0 Å². The molecule has 0 saturated heterocycles. The average molecular weight is 296 g/mol. The van der Waals surface area contributed by atoms with Gasteiger partial charge in [0.25, 0.3) is 0 Å². The molecular weight excluding hydrogens is 280 g/mol. The number of rotatable bonds is 5. The van der Waals surface area contributed by atoms with E-state index in [-0.39, 0.29) is 11.2 Å². The van der Waals surface area contributed by atoms with Gasteiger partial charge in [0.2, 0.25) is 5.91 Å². The molecule has 0 fully saturated rings. The van der Waals surface area contributed by atoms with E-state index < -0.39 is 0 Å². The lowest BCUT2D eigenvalue weighted by Gasteiger charge is -2.11. The average Bonchev–Trinajstić information content (AvgIpc) is 2.53. The third-order valence-electron chi connectivity index (χ3n) is 3.01. The number of nitriles is 1. The number of carbonyl (C=O) groups is 1. The van der Waals surface area contributed by atoms with Crippen LogP contribution in [0.3, 0.4) is 0 Å². The Morgan fingerprint density at radius 2 is 2.00 bits per heavy atom. The molecule has 0 spiro atoms. The molecule has 4 heteroatoms. The first-order valence-corrected chi connectivity index (χ1v) is 7.70. The summed E-state index contributed by atoms with van der Waals surface area (Å²) in [6.07, 6.45) is 0. The molecule has 0 heterocycles. The monoisotopic (exact) mass is 296 g/mol. The summed E-state index contributed by atoms with van der Waals surface area (Å²) in [6, 6.07) is 19.1. The van der Waals surface area contributed by atoms with Crippen LogP contribution < -0.4 is 5.32 Å². The van der Waals surface area contributed by atoms with Gasteiger partial charge in [0.1, 0.15) is 0 Å². The zero-order chi connectivity index (χ0) is 15.1. The van der Waals surface area contributed by atoms with Crippen LogP contribution >= 0.6 is 11.8 Å². The second-order valence-electron chi connectivity index (χ2n) is 4.60. The quantitative estimate of drug-likeness (QED) is 0.907. The number of thioether (sulfide) groups is 1. The SMILES string of the molecule is CC(SCC(=O)Nc1cccc(C#N)c1)c1ccccc1. The largest absolute Gasteiger partial charge is 0.325 e. The minimum atomic E-state index is -0.0575. The van der Waals surface area contributed by atoms with E-state index >= 15 is 0 Å². The third kappa shape index (κ3) is 4.66.